The first kappa shape index (κ1) is 20.3. The molecule has 0 unspecified atom stereocenters. The lowest BCUT2D eigenvalue weighted by molar-refractivity contribution is 0.0698. The number of aliphatic imine (C=N–C) groups is 1. The molecule has 0 bridgehead atoms. The Kier molecular flexibility index (Phi) is 5.02. The van der Waals surface area contributed by atoms with Crippen LogP contribution in [0, 0.1) is 0 Å². The van der Waals surface area contributed by atoms with Gasteiger partial charge in [0, 0.05) is 17.0 Å². The first-order valence-electron chi connectivity index (χ1n) is 10.1. The average molecular weight is 442 g/mol. The van der Waals surface area contributed by atoms with E-state index in [0.29, 0.717) is 27.8 Å². The van der Waals surface area contributed by atoms with E-state index in [2.05, 4.69) is 4.99 Å². The molecule has 0 amide bonds. The first-order valence-corrected chi connectivity index (χ1v) is 10.1. The van der Waals surface area contributed by atoms with Gasteiger partial charge in [0.25, 0.3) is 5.56 Å². The van der Waals surface area contributed by atoms with E-state index in [0.717, 1.165) is 5.56 Å². The molecular formula is C25H18N2O6. The number of benzene rings is 3. The molecule has 8 nitrogen and oxygen atoms in total. The zero-order valence-electron chi connectivity index (χ0n) is 17.3. The average Bonchev–Trinajstić information content (AvgIpc) is 3.30. The summed E-state index contributed by atoms with van der Waals surface area (Å²) in [6.45, 7) is 0.233. The number of fused-ring (bicyclic) bond motifs is 2. The van der Waals surface area contributed by atoms with Crippen molar-refractivity contribution < 1.29 is 24.5 Å². The third-order valence-electron chi connectivity index (χ3n) is 5.43. The molecule has 0 saturated carbocycles. The Morgan fingerprint density at radius 3 is 2.55 bits per heavy atom. The van der Waals surface area contributed by atoms with Crippen molar-refractivity contribution in [3.63, 3.8) is 0 Å². The van der Waals surface area contributed by atoms with Gasteiger partial charge in [0.15, 0.2) is 11.5 Å². The lowest BCUT2D eigenvalue weighted by Crippen LogP contribution is -2.22. The smallest absolute Gasteiger partial charge is 0.337 e. The third kappa shape index (κ3) is 3.67. The number of carbonyl (C=O) groups is 1. The van der Waals surface area contributed by atoms with Gasteiger partial charge >= 0.3 is 5.97 Å². The summed E-state index contributed by atoms with van der Waals surface area (Å²) < 4.78 is 12.0. The molecule has 0 fully saturated rings. The molecule has 0 aliphatic carbocycles. The number of para-hydroxylation sites is 1. The lowest BCUT2D eigenvalue weighted by Gasteiger charge is -2.14. The van der Waals surface area contributed by atoms with Crippen molar-refractivity contribution in [3.8, 4) is 17.4 Å². The van der Waals surface area contributed by atoms with Gasteiger partial charge in [-0.25, -0.2) is 4.79 Å². The Morgan fingerprint density at radius 2 is 1.73 bits per heavy atom. The normalized spacial score (nSPS) is 12.5. The summed E-state index contributed by atoms with van der Waals surface area (Å²) >= 11 is 0. The molecule has 2 heterocycles. The molecule has 0 atom stereocenters. The van der Waals surface area contributed by atoms with Crippen LogP contribution in [0.15, 0.2) is 76.5 Å². The van der Waals surface area contributed by atoms with Crippen molar-refractivity contribution in [2.45, 2.75) is 6.54 Å². The topological polar surface area (TPSA) is 110 Å². The second kappa shape index (κ2) is 8.16. The maximum absolute atomic E-state index is 13.2. The standard InChI is InChI=1S/C25H18N2O6/c28-23-17-6-2-1-5-16(17)19(12-26-20-8-4-3-7-18(20)25(30)31)24(29)27(23)13-15-9-10-21-22(11-15)33-14-32-21/h1-12,29H,13-14H2,(H,30,31). The van der Waals surface area contributed by atoms with E-state index >= 15 is 0 Å². The van der Waals surface area contributed by atoms with Crippen molar-refractivity contribution in [2.75, 3.05) is 6.79 Å². The van der Waals surface area contributed by atoms with Crippen LogP contribution in [0.4, 0.5) is 5.69 Å². The minimum absolute atomic E-state index is 0.0335. The highest BCUT2D eigenvalue weighted by molar-refractivity contribution is 6.03. The monoisotopic (exact) mass is 442 g/mol. The molecule has 0 saturated heterocycles. The summed E-state index contributed by atoms with van der Waals surface area (Å²) in [7, 11) is 0. The van der Waals surface area contributed by atoms with E-state index in [1.165, 1.54) is 16.8 Å². The van der Waals surface area contributed by atoms with E-state index in [1.54, 1.807) is 60.7 Å². The van der Waals surface area contributed by atoms with Crippen molar-refractivity contribution in [1.82, 2.24) is 4.57 Å². The number of aromatic nitrogens is 1. The van der Waals surface area contributed by atoms with Crippen LogP contribution in [0.25, 0.3) is 10.8 Å². The van der Waals surface area contributed by atoms with Gasteiger partial charge < -0.3 is 19.7 Å². The molecule has 3 aromatic carbocycles. The minimum Gasteiger partial charge on any atom is -0.494 e. The van der Waals surface area contributed by atoms with Gasteiger partial charge in [-0.2, -0.15) is 0 Å². The Labute approximate surface area is 187 Å². The SMILES string of the molecule is O=C(O)c1ccccc1N=Cc1c(O)n(Cc2ccc3c(c2)OCO3)c(=O)c2ccccc12. The lowest BCUT2D eigenvalue weighted by atomic mass is 10.1. The summed E-state index contributed by atoms with van der Waals surface area (Å²) in [6.07, 6.45) is 1.38. The molecule has 164 valence electrons. The number of ether oxygens (including phenoxy) is 2. The van der Waals surface area contributed by atoms with Crippen LogP contribution in [0.5, 0.6) is 17.4 Å². The molecule has 1 aliphatic rings. The molecule has 1 aromatic heterocycles. The molecule has 0 radical (unpaired) electrons. The number of carboxylic acids is 1. The van der Waals surface area contributed by atoms with E-state index in [4.69, 9.17) is 9.47 Å². The van der Waals surface area contributed by atoms with E-state index in [9.17, 15) is 19.8 Å². The summed E-state index contributed by atoms with van der Waals surface area (Å²) in [5, 5.41) is 21.4. The molecule has 2 N–H and O–H groups in total. The Morgan fingerprint density at radius 1 is 1.00 bits per heavy atom. The summed E-state index contributed by atoms with van der Waals surface area (Å²) in [5.41, 5.74) is 0.967. The van der Waals surface area contributed by atoms with Crippen molar-refractivity contribution >= 4 is 28.6 Å². The first-order chi connectivity index (χ1) is 16.0. The molecule has 33 heavy (non-hydrogen) atoms. The zero-order chi connectivity index (χ0) is 22.9. The van der Waals surface area contributed by atoms with Crippen LogP contribution in [0.3, 0.4) is 0 Å². The summed E-state index contributed by atoms with van der Waals surface area (Å²) in [6, 6.07) is 18.5. The fourth-order valence-corrected chi connectivity index (χ4v) is 3.81. The number of aromatic carboxylic acids is 1. The molecule has 1 aliphatic heterocycles. The van der Waals surface area contributed by atoms with E-state index < -0.39 is 5.97 Å². The Balaban J connectivity index is 1.63. The summed E-state index contributed by atoms with van der Waals surface area (Å²) in [5.74, 6) is -0.177. The van der Waals surface area contributed by atoms with Gasteiger partial charge in [-0.1, -0.05) is 36.4 Å². The number of carboxylic acid groups (broad SMARTS) is 1. The van der Waals surface area contributed by atoms with Crippen molar-refractivity contribution in [1.29, 1.82) is 0 Å². The van der Waals surface area contributed by atoms with Gasteiger partial charge in [-0.15, -0.1) is 0 Å². The fraction of sp³-hybridized carbons (Fsp3) is 0.0800. The quantitative estimate of drug-likeness (QED) is 0.453. The van der Waals surface area contributed by atoms with Gasteiger partial charge in [0.1, 0.15) is 0 Å². The van der Waals surface area contributed by atoms with Crippen molar-refractivity contribution in [3.05, 3.63) is 93.8 Å². The third-order valence-corrected chi connectivity index (χ3v) is 5.43. The predicted molar refractivity (Wildman–Crippen MR) is 122 cm³/mol. The number of aromatic hydroxyl groups is 1. The van der Waals surface area contributed by atoms with E-state index in [1.807, 2.05) is 0 Å². The van der Waals surface area contributed by atoms with Crippen LogP contribution in [0.1, 0.15) is 21.5 Å². The van der Waals surface area contributed by atoms with E-state index in [-0.39, 0.29) is 36.0 Å². The molecule has 8 heteroatoms. The second-order valence-electron chi connectivity index (χ2n) is 7.44. The Bertz CT molecular complexity index is 1490. The Hall–Kier alpha value is -4.59. The van der Waals surface area contributed by atoms with Crippen molar-refractivity contribution in [2.24, 2.45) is 4.99 Å². The number of pyridine rings is 1. The zero-order valence-corrected chi connectivity index (χ0v) is 17.3. The van der Waals surface area contributed by atoms with Crippen LogP contribution >= 0.6 is 0 Å². The molecular weight excluding hydrogens is 424 g/mol. The number of nitrogens with zero attached hydrogens (tertiary/aromatic N) is 2. The molecule has 4 aromatic rings. The number of rotatable bonds is 5. The van der Waals surface area contributed by atoms with Crippen LogP contribution in [-0.2, 0) is 6.54 Å². The van der Waals surface area contributed by atoms with Gasteiger partial charge in [-0.3, -0.25) is 14.4 Å². The summed E-state index contributed by atoms with van der Waals surface area (Å²) in [4.78, 5) is 29.0. The fourth-order valence-electron chi connectivity index (χ4n) is 3.81. The number of hydrogen-bond acceptors (Lipinski definition) is 6. The van der Waals surface area contributed by atoms with Gasteiger partial charge in [0.05, 0.1) is 23.4 Å². The highest BCUT2D eigenvalue weighted by Crippen LogP contribution is 2.33. The van der Waals surface area contributed by atoms with Gasteiger partial charge in [0.2, 0.25) is 12.7 Å². The number of hydrogen-bond donors (Lipinski definition) is 2. The second-order valence-corrected chi connectivity index (χ2v) is 7.44. The highest BCUT2D eigenvalue weighted by atomic mass is 16.7. The van der Waals surface area contributed by atoms with Crippen LogP contribution < -0.4 is 15.0 Å². The molecule has 0 spiro atoms. The minimum atomic E-state index is -1.11. The van der Waals surface area contributed by atoms with Gasteiger partial charge in [-0.05, 0) is 35.9 Å². The van der Waals surface area contributed by atoms with Crippen LogP contribution in [0.2, 0.25) is 0 Å². The molecule has 5 rings (SSSR count). The van der Waals surface area contributed by atoms with Crippen LogP contribution in [-0.4, -0.2) is 33.8 Å². The maximum Gasteiger partial charge on any atom is 0.337 e. The maximum atomic E-state index is 13.2. The largest absolute Gasteiger partial charge is 0.494 e. The highest BCUT2D eigenvalue weighted by Gasteiger charge is 2.18. The predicted octanol–water partition coefficient (Wildman–Crippen LogP) is 3.93.